The van der Waals surface area contributed by atoms with E-state index in [2.05, 4.69) is 15.5 Å². The number of fused-ring (bicyclic) bond motifs is 1. The Hall–Kier alpha value is -3.35. The Bertz CT molecular complexity index is 1070. The van der Waals surface area contributed by atoms with Gasteiger partial charge in [0.1, 0.15) is 17.0 Å². The van der Waals surface area contributed by atoms with Crippen LogP contribution in [0.3, 0.4) is 0 Å². The number of benzene rings is 1. The van der Waals surface area contributed by atoms with E-state index < -0.39 is 17.2 Å². The third-order valence-electron chi connectivity index (χ3n) is 3.92. The fourth-order valence-electron chi connectivity index (χ4n) is 2.56. The second-order valence-corrected chi connectivity index (χ2v) is 5.70. The largest absolute Gasteiger partial charge is 0.332 e. The third kappa shape index (κ3) is 3.37. The van der Waals surface area contributed by atoms with Crippen LogP contribution in [0.2, 0.25) is 0 Å². The smallest absolute Gasteiger partial charge is 0.276 e. The van der Waals surface area contributed by atoms with Crippen LogP contribution >= 0.6 is 0 Å². The van der Waals surface area contributed by atoms with Crippen LogP contribution in [0.25, 0.3) is 11.0 Å². The van der Waals surface area contributed by atoms with E-state index in [0.717, 1.165) is 5.69 Å². The molecule has 0 aliphatic heterocycles. The molecule has 0 fully saturated rings. The molecular formula is C19H17FN4O2. The second kappa shape index (κ2) is 7.26. The molecule has 3 aromatic rings. The molecule has 3 rings (SSSR count). The van der Waals surface area contributed by atoms with Crippen LogP contribution < -0.4 is 10.9 Å². The molecule has 2 heterocycles. The summed E-state index contributed by atoms with van der Waals surface area (Å²) in [6, 6.07) is 9.42. The van der Waals surface area contributed by atoms with Crippen LogP contribution in [0.15, 0.2) is 52.5 Å². The average Bonchev–Trinajstić information content (AvgIpc) is 2.63. The molecule has 26 heavy (non-hydrogen) atoms. The topological polar surface area (TPSA) is 76.3 Å². The van der Waals surface area contributed by atoms with Gasteiger partial charge in [0.05, 0.1) is 11.6 Å². The van der Waals surface area contributed by atoms with E-state index in [-0.39, 0.29) is 11.1 Å². The zero-order chi connectivity index (χ0) is 18.7. The summed E-state index contributed by atoms with van der Waals surface area (Å²) in [4.78, 5) is 29.4. The minimum Gasteiger partial charge on any atom is -0.332 e. The first-order valence-electron chi connectivity index (χ1n) is 8.10. The van der Waals surface area contributed by atoms with E-state index in [9.17, 15) is 14.0 Å². The van der Waals surface area contributed by atoms with E-state index in [4.69, 9.17) is 0 Å². The van der Waals surface area contributed by atoms with Crippen molar-refractivity contribution in [1.29, 1.82) is 0 Å². The van der Waals surface area contributed by atoms with E-state index in [1.54, 1.807) is 28.8 Å². The van der Waals surface area contributed by atoms with Gasteiger partial charge in [-0.25, -0.2) is 14.8 Å². The first-order chi connectivity index (χ1) is 12.5. The molecule has 0 atom stereocenters. The quantitative estimate of drug-likeness (QED) is 0.579. The SMILES string of the molecule is CCn1cc(C(=O)N/N=C/c2ccccc2F)c(=O)c2ccc(C)nc21. The van der Waals surface area contributed by atoms with Crippen molar-refractivity contribution in [3.05, 3.63) is 75.5 Å². The number of aromatic nitrogens is 2. The number of amides is 1. The predicted molar refractivity (Wildman–Crippen MR) is 97.9 cm³/mol. The van der Waals surface area contributed by atoms with E-state index in [1.165, 1.54) is 24.5 Å². The molecule has 132 valence electrons. The molecule has 1 N–H and O–H groups in total. The summed E-state index contributed by atoms with van der Waals surface area (Å²) < 4.78 is 15.3. The van der Waals surface area contributed by atoms with E-state index in [1.807, 2.05) is 13.8 Å². The lowest BCUT2D eigenvalue weighted by molar-refractivity contribution is 0.0953. The second-order valence-electron chi connectivity index (χ2n) is 5.70. The number of halogens is 1. The van der Waals surface area contributed by atoms with Crippen molar-refractivity contribution >= 4 is 23.2 Å². The zero-order valence-corrected chi connectivity index (χ0v) is 14.4. The molecule has 7 heteroatoms. The molecule has 1 aromatic carbocycles. The van der Waals surface area contributed by atoms with Crippen molar-refractivity contribution in [1.82, 2.24) is 15.0 Å². The Morgan fingerprint density at radius 1 is 1.31 bits per heavy atom. The summed E-state index contributed by atoms with van der Waals surface area (Å²) in [5.41, 5.74) is 3.35. The number of carbonyl (C=O) groups excluding carboxylic acids is 1. The van der Waals surface area contributed by atoms with Crippen LogP contribution in [0.1, 0.15) is 28.5 Å². The maximum atomic E-state index is 13.5. The Kier molecular flexibility index (Phi) is 4.88. The summed E-state index contributed by atoms with van der Waals surface area (Å²) in [6.07, 6.45) is 2.66. The van der Waals surface area contributed by atoms with Crippen LogP contribution in [-0.4, -0.2) is 21.7 Å². The van der Waals surface area contributed by atoms with Crippen molar-refractivity contribution in [2.24, 2.45) is 5.10 Å². The highest BCUT2D eigenvalue weighted by molar-refractivity contribution is 5.97. The number of pyridine rings is 2. The molecular weight excluding hydrogens is 335 g/mol. The lowest BCUT2D eigenvalue weighted by atomic mass is 10.1. The minimum absolute atomic E-state index is 0.0457. The summed E-state index contributed by atoms with van der Waals surface area (Å²) >= 11 is 0. The van der Waals surface area contributed by atoms with Gasteiger partial charge in [0.25, 0.3) is 5.91 Å². The highest BCUT2D eigenvalue weighted by atomic mass is 19.1. The number of nitrogens with zero attached hydrogens (tertiary/aromatic N) is 3. The lowest BCUT2D eigenvalue weighted by Gasteiger charge is -2.10. The van der Waals surface area contributed by atoms with Crippen LogP contribution in [0.4, 0.5) is 4.39 Å². The fraction of sp³-hybridized carbons (Fsp3) is 0.158. The molecule has 2 aromatic heterocycles. The van der Waals surface area contributed by atoms with Gasteiger partial charge in [-0.2, -0.15) is 5.10 Å². The number of nitrogens with one attached hydrogen (secondary N) is 1. The van der Waals surface area contributed by atoms with Crippen LogP contribution in [0, 0.1) is 12.7 Å². The van der Waals surface area contributed by atoms with Gasteiger partial charge < -0.3 is 4.57 Å². The van der Waals surface area contributed by atoms with Crippen molar-refractivity contribution in [2.45, 2.75) is 20.4 Å². The summed E-state index contributed by atoms with van der Waals surface area (Å²) in [5, 5.41) is 4.11. The van der Waals surface area contributed by atoms with Gasteiger partial charge in [0.15, 0.2) is 0 Å². The predicted octanol–water partition coefficient (Wildman–Crippen LogP) is 2.63. The molecule has 0 aliphatic carbocycles. The number of rotatable bonds is 4. The first kappa shape index (κ1) is 17.5. The van der Waals surface area contributed by atoms with Gasteiger partial charge >= 0.3 is 0 Å². The minimum atomic E-state index is -0.660. The standard InChI is InChI=1S/C19H17FN4O2/c1-3-24-11-15(17(25)14-9-8-12(2)22-18(14)24)19(26)23-21-10-13-6-4-5-7-16(13)20/h4-11H,3H2,1-2H3,(H,23,26)/b21-10+. The number of aryl methyl sites for hydroxylation is 2. The van der Waals surface area contributed by atoms with Gasteiger partial charge in [-0.15, -0.1) is 0 Å². The fourth-order valence-corrected chi connectivity index (χ4v) is 2.56. The van der Waals surface area contributed by atoms with Crippen molar-refractivity contribution < 1.29 is 9.18 Å². The Morgan fingerprint density at radius 2 is 2.08 bits per heavy atom. The van der Waals surface area contributed by atoms with Gasteiger partial charge in [-0.3, -0.25) is 9.59 Å². The zero-order valence-electron chi connectivity index (χ0n) is 14.4. The van der Waals surface area contributed by atoms with Crippen molar-refractivity contribution in [2.75, 3.05) is 0 Å². The number of hydrazone groups is 1. The van der Waals surface area contributed by atoms with Gasteiger partial charge in [0, 0.05) is 24.0 Å². The Morgan fingerprint density at radius 3 is 2.81 bits per heavy atom. The molecule has 0 saturated heterocycles. The number of carbonyl (C=O) groups is 1. The number of hydrogen-bond donors (Lipinski definition) is 1. The maximum Gasteiger partial charge on any atom is 0.276 e. The first-order valence-corrected chi connectivity index (χ1v) is 8.10. The highest BCUT2D eigenvalue weighted by Gasteiger charge is 2.15. The van der Waals surface area contributed by atoms with Crippen molar-refractivity contribution in [3.8, 4) is 0 Å². The molecule has 0 saturated carbocycles. The molecule has 1 amide bonds. The molecule has 0 unspecified atom stereocenters. The highest BCUT2D eigenvalue weighted by Crippen LogP contribution is 2.11. The molecule has 0 spiro atoms. The van der Waals surface area contributed by atoms with Crippen LogP contribution in [0.5, 0.6) is 0 Å². The summed E-state index contributed by atoms with van der Waals surface area (Å²) in [5.74, 6) is -1.11. The average molecular weight is 352 g/mol. The molecule has 6 nitrogen and oxygen atoms in total. The Balaban J connectivity index is 1.93. The van der Waals surface area contributed by atoms with E-state index >= 15 is 0 Å². The molecule has 0 radical (unpaired) electrons. The van der Waals surface area contributed by atoms with Gasteiger partial charge in [-0.1, -0.05) is 18.2 Å². The summed E-state index contributed by atoms with van der Waals surface area (Å²) in [7, 11) is 0. The maximum absolute atomic E-state index is 13.5. The van der Waals surface area contributed by atoms with Crippen LogP contribution in [-0.2, 0) is 6.54 Å². The van der Waals surface area contributed by atoms with Crippen molar-refractivity contribution in [3.63, 3.8) is 0 Å². The normalized spacial score (nSPS) is 11.2. The monoisotopic (exact) mass is 352 g/mol. The lowest BCUT2D eigenvalue weighted by Crippen LogP contribution is -2.27. The third-order valence-corrected chi connectivity index (χ3v) is 3.92. The van der Waals surface area contributed by atoms with Gasteiger partial charge in [0.2, 0.25) is 5.43 Å². The van der Waals surface area contributed by atoms with Gasteiger partial charge in [-0.05, 0) is 32.0 Å². The number of hydrogen-bond acceptors (Lipinski definition) is 4. The summed E-state index contributed by atoms with van der Waals surface area (Å²) in [6.45, 7) is 4.28. The Labute approximate surface area is 149 Å². The molecule has 0 bridgehead atoms. The van der Waals surface area contributed by atoms with E-state index in [0.29, 0.717) is 17.6 Å². The molecule has 0 aliphatic rings.